The Hall–Kier alpha value is -4.20. The standard InChI is InChI=1S/C25H24N4O4/c1-17-6-4-5-7-19(17)14-29-15-20(26-27-29)16-32-21-9-8-18-12-22(23(30)10-11-28(2)3)25(31)33-24(18)13-21/h4-13,15H,14,16H2,1-3H3/b11-10+. The number of aryl methyl sites for hydroxylation is 1. The third-order valence-electron chi connectivity index (χ3n) is 5.06. The summed E-state index contributed by atoms with van der Waals surface area (Å²) in [5, 5.41) is 8.96. The predicted molar refractivity (Wildman–Crippen MR) is 124 cm³/mol. The molecule has 0 saturated heterocycles. The summed E-state index contributed by atoms with van der Waals surface area (Å²) in [7, 11) is 3.58. The molecule has 0 bridgehead atoms. The average Bonchev–Trinajstić information content (AvgIpc) is 3.24. The maximum absolute atomic E-state index is 12.3. The van der Waals surface area contributed by atoms with E-state index in [9.17, 15) is 9.59 Å². The maximum atomic E-state index is 12.3. The van der Waals surface area contributed by atoms with Gasteiger partial charge in [-0.15, -0.1) is 5.10 Å². The molecular weight excluding hydrogens is 420 g/mol. The largest absolute Gasteiger partial charge is 0.487 e. The number of ether oxygens (including phenoxy) is 1. The van der Waals surface area contributed by atoms with Crippen molar-refractivity contribution < 1.29 is 13.9 Å². The minimum atomic E-state index is -0.688. The molecule has 0 amide bonds. The molecule has 0 aliphatic rings. The number of carbonyl (C=O) groups excluding carboxylic acids is 1. The summed E-state index contributed by atoms with van der Waals surface area (Å²) in [5.41, 5.74) is 2.69. The Labute approximate surface area is 190 Å². The van der Waals surface area contributed by atoms with Gasteiger partial charge in [0, 0.05) is 37.8 Å². The molecule has 0 N–H and O–H groups in total. The molecule has 8 nitrogen and oxygen atoms in total. The Morgan fingerprint density at radius 1 is 1.18 bits per heavy atom. The van der Waals surface area contributed by atoms with Crippen molar-refractivity contribution in [2.24, 2.45) is 0 Å². The topological polar surface area (TPSA) is 90.5 Å². The normalized spacial score (nSPS) is 11.2. The van der Waals surface area contributed by atoms with Crippen LogP contribution >= 0.6 is 0 Å². The summed E-state index contributed by atoms with van der Waals surface area (Å²) in [5.74, 6) is 0.110. The van der Waals surface area contributed by atoms with Gasteiger partial charge in [0.15, 0.2) is 5.78 Å². The zero-order valence-electron chi connectivity index (χ0n) is 18.7. The molecule has 2 heterocycles. The van der Waals surface area contributed by atoms with Crippen LogP contribution in [0.5, 0.6) is 5.75 Å². The SMILES string of the molecule is Cc1ccccc1Cn1cc(COc2ccc3cc(C(=O)/C=C/N(C)C)c(=O)oc3c2)nn1. The number of nitrogens with zero attached hydrogens (tertiary/aromatic N) is 4. The summed E-state index contributed by atoms with van der Waals surface area (Å²) in [6, 6.07) is 14.8. The van der Waals surface area contributed by atoms with Gasteiger partial charge in [-0.05, 0) is 36.2 Å². The Morgan fingerprint density at radius 2 is 2.00 bits per heavy atom. The molecule has 0 unspecified atom stereocenters. The van der Waals surface area contributed by atoms with E-state index >= 15 is 0 Å². The van der Waals surface area contributed by atoms with Crippen molar-refractivity contribution in [3.05, 3.63) is 99.8 Å². The molecule has 4 rings (SSSR count). The van der Waals surface area contributed by atoms with E-state index in [-0.39, 0.29) is 12.2 Å². The van der Waals surface area contributed by atoms with Crippen LogP contribution in [0, 0.1) is 6.92 Å². The highest BCUT2D eigenvalue weighted by molar-refractivity contribution is 6.05. The van der Waals surface area contributed by atoms with E-state index < -0.39 is 11.4 Å². The quantitative estimate of drug-likeness (QED) is 0.233. The van der Waals surface area contributed by atoms with E-state index in [1.54, 1.807) is 48.1 Å². The Morgan fingerprint density at radius 3 is 2.79 bits per heavy atom. The lowest BCUT2D eigenvalue weighted by atomic mass is 10.1. The summed E-state index contributed by atoms with van der Waals surface area (Å²) in [6.45, 7) is 2.91. The second-order valence-electron chi connectivity index (χ2n) is 7.91. The summed E-state index contributed by atoms with van der Waals surface area (Å²) in [6.07, 6.45) is 4.76. The third kappa shape index (κ3) is 5.35. The molecule has 2 aromatic heterocycles. The molecule has 0 radical (unpaired) electrons. The molecular formula is C25H24N4O4. The van der Waals surface area contributed by atoms with Crippen molar-refractivity contribution in [3.8, 4) is 5.75 Å². The van der Waals surface area contributed by atoms with E-state index in [2.05, 4.69) is 29.4 Å². The van der Waals surface area contributed by atoms with E-state index in [0.717, 1.165) is 0 Å². The molecule has 2 aromatic carbocycles. The van der Waals surface area contributed by atoms with Crippen molar-refractivity contribution in [1.29, 1.82) is 0 Å². The predicted octanol–water partition coefficient (Wildman–Crippen LogP) is 3.58. The van der Waals surface area contributed by atoms with Crippen LogP contribution in [0.4, 0.5) is 0 Å². The minimum absolute atomic E-state index is 0.0143. The van der Waals surface area contributed by atoms with Crippen molar-refractivity contribution in [2.75, 3.05) is 14.1 Å². The van der Waals surface area contributed by atoms with E-state index in [1.165, 1.54) is 23.3 Å². The van der Waals surface area contributed by atoms with Gasteiger partial charge in [0.05, 0.1) is 12.7 Å². The molecule has 33 heavy (non-hydrogen) atoms. The molecule has 0 saturated carbocycles. The minimum Gasteiger partial charge on any atom is -0.487 e. The number of carbonyl (C=O) groups is 1. The second kappa shape index (κ2) is 9.52. The Balaban J connectivity index is 1.45. The summed E-state index contributed by atoms with van der Waals surface area (Å²) >= 11 is 0. The Bertz CT molecular complexity index is 1380. The third-order valence-corrected chi connectivity index (χ3v) is 5.06. The maximum Gasteiger partial charge on any atom is 0.347 e. The number of fused-ring (bicyclic) bond motifs is 1. The number of ketones is 1. The van der Waals surface area contributed by atoms with Gasteiger partial charge < -0.3 is 14.1 Å². The molecule has 4 aromatic rings. The number of allylic oxidation sites excluding steroid dienone is 1. The highest BCUT2D eigenvalue weighted by atomic mass is 16.5. The van der Waals surface area contributed by atoms with Crippen LogP contribution < -0.4 is 10.4 Å². The summed E-state index contributed by atoms with van der Waals surface area (Å²) in [4.78, 5) is 26.3. The van der Waals surface area contributed by atoms with Gasteiger partial charge in [0.25, 0.3) is 0 Å². The number of rotatable bonds is 8. The number of aromatic nitrogens is 3. The van der Waals surface area contributed by atoms with Crippen LogP contribution in [0.15, 0.2) is 76.2 Å². The van der Waals surface area contributed by atoms with E-state index in [1.807, 2.05) is 18.3 Å². The smallest absolute Gasteiger partial charge is 0.347 e. The molecule has 0 spiro atoms. The van der Waals surface area contributed by atoms with E-state index in [4.69, 9.17) is 9.15 Å². The molecule has 8 heteroatoms. The fourth-order valence-corrected chi connectivity index (χ4v) is 3.26. The van der Waals surface area contributed by atoms with Gasteiger partial charge in [-0.1, -0.05) is 29.5 Å². The lowest BCUT2D eigenvalue weighted by Crippen LogP contribution is -2.13. The fraction of sp³-hybridized carbons (Fsp3) is 0.200. The Kier molecular flexibility index (Phi) is 6.35. The first-order chi connectivity index (χ1) is 15.9. The molecule has 0 aliphatic carbocycles. The highest BCUT2D eigenvalue weighted by Crippen LogP contribution is 2.21. The highest BCUT2D eigenvalue weighted by Gasteiger charge is 2.12. The van der Waals surface area contributed by atoms with Gasteiger partial charge in [-0.2, -0.15) is 0 Å². The lowest BCUT2D eigenvalue weighted by molar-refractivity contribution is 0.104. The monoisotopic (exact) mass is 444 g/mol. The van der Waals surface area contributed by atoms with Crippen molar-refractivity contribution in [1.82, 2.24) is 19.9 Å². The zero-order chi connectivity index (χ0) is 23.4. The van der Waals surface area contributed by atoms with Gasteiger partial charge in [0.2, 0.25) is 0 Å². The van der Waals surface area contributed by atoms with Crippen LogP contribution in [-0.4, -0.2) is 39.8 Å². The molecule has 0 aliphatic heterocycles. The van der Waals surface area contributed by atoms with Crippen LogP contribution in [0.1, 0.15) is 27.2 Å². The van der Waals surface area contributed by atoms with Crippen LogP contribution in [-0.2, 0) is 13.2 Å². The number of hydrogen-bond acceptors (Lipinski definition) is 7. The average molecular weight is 444 g/mol. The van der Waals surface area contributed by atoms with Gasteiger partial charge in [-0.25, -0.2) is 9.48 Å². The number of hydrogen-bond donors (Lipinski definition) is 0. The summed E-state index contributed by atoms with van der Waals surface area (Å²) < 4.78 is 12.9. The molecule has 0 atom stereocenters. The first-order valence-corrected chi connectivity index (χ1v) is 10.4. The van der Waals surface area contributed by atoms with Crippen LogP contribution in [0.25, 0.3) is 11.0 Å². The second-order valence-corrected chi connectivity index (χ2v) is 7.91. The first-order valence-electron chi connectivity index (χ1n) is 10.4. The van der Waals surface area contributed by atoms with Gasteiger partial charge >= 0.3 is 5.63 Å². The van der Waals surface area contributed by atoms with Crippen LogP contribution in [0.2, 0.25) is 0 Å². The van der Waals surface area contributed by atoms with E-state index in [0.29, 0.717) is 29.0 Å². The molecule has 168 valence electrons. The van der Waals surface area contributed by atoms with Crippen molar-refractivity contribution in [2.45, 2.75) is 20.1 Å². The van der Waals surface area contributed by atoms with Crippen molar-refractivity contribution in [3.63, 3.8) is 0 Å². The van der Waals surface area contributed by atoms with Crippen molar-refractivity contribution >= 4 is 16.8 Å². The van der Waals surface area contributed by atoms with Crippen LogP contribution in [0.3, 0.4) is 0 Å². The molecule has 0 fully saturated rings. The lowest BCUT2D eigenvalue weighted by Gasteiger charge is -2.06. The van der Waals surface area contributed by atoms with Gasteiger partial charge in [0.1, 0.15) is 29.2 Å². The van der Waals surface area contributed by atoms with Gasteiger partial charge in [-0.3, -0.25) is 4.79 Å². The number of benzene rings is 2. The zero-order valence-corrected chi connectivity index (χ0v) is 18.7. The first kappa shape index (κ1) is 22.0. The fourth-order valence-electron chi connectivity index (χ4n) is 3.26.